The van der Waals surface area contributed by atoms with Crippen LogP contribution in [0, 0.1) is 5.41 Å². The molecule has 2 N–H and O–H groups in total. The molecule has 1 atom stereocenters. The maximum Gasteiger partial charge on any atom is 0.0212 e. The second-order valence-corrected chi connectivity index (χ2v) is 5.03. The molecule has 0 heterocycles. The summed E-state index contributed by atoms with van der Waals surface area (Å²) >= 11 is 0. The third-order valence-electron chi connectivity index (χ3n) is 3.46. The van der Waals surface area contributed by atoms with Gasteiger partial charge in [-0.3, -0.25) is 0 Å². The van der Waals surface area contributed by atoms with Crippen molar-refractivity contribution >= 4 is 0 Å². The lowest BCUT2D eigenvalue weighted by molar-refractivity contribution is 0.442. The first-order valence-electron chi connectivity index (χ1n) is 5.31. The summed E-state index contributed by atoms with van der Waals surface area (Å²) in [4.78, 5) is 0. The average Bonchev–Trinajstić information content (AvgIpc) is 2.45. The zero-order valence-electron chi connectivity index (χ0n) is 8.82. The van der Waals surface area contributed by atoms with E-state index in [1.807, 2.05) is 0 Å². The van der Waals surface area contributed by atoms with E-state index in [9.17, 15) is 0 Å². The Bertz CT molecular complexity index is 151. The lowest BCUT2D eigenvalue weighted by Gasteiger charge is -2.14. The highest BCUT2D eigenvalue weighted by molar-refractivity contribution is 5.14. The van der Waals surface area contributed by atoms with Gasteiger partial charge in [0, 0.05) is 5.54 Å². The third kappa shape index (κ3) is 2.01. The van der Waals surface area contributed by atoms with Crippen molar-refractivity contribution in [2.24, 2.45) is 11.1 Å². The Balaban J connectivity index is 2.09. The molecule has 0 saturated heterocycles. The molecule has 0 bridgehead atoms. The molecule has 0 aromatic heterocycles. The zero-order chi connectivity index (χ0) is 9.24. The molecule has 72 valence electrons. The molecule has 0 radical (unpaired) electrons. The minimum absolute atomic E-state index is 0.195. The van der Waals surface area contributed by atoms with Gasteiger partial charge in [0.25, 0.3) is 0 Å². The Labute approximate surface area is 76.7 Å². The van der Waals surface area contributed by atoms with Crippen LogP contribution in [0.5, 0.6) is 0 Å². The first kappa shape index (κ1) is 10.0. The van der Waals surface area contributed by atoms with Gasteiger partial charge in [0.1, 0.15) is 0 Å². The lowest BCUT2D eigenvalue weighted by atomic mass is 9.99. The minimum Gasteiger partial charge on any atom is -0.325 e. The van der Waals surface area contributed by atoms with E-state index in [0.717, 1.165) is 0 Å². The van der Waals surface area contributed by atoms with Crippen LogP contribution in [0.4, 0.5) is 0 Å². The molecule has 1 rings (SSSR count). The summed E-state index contributed by atoms with van der Waals surface area (Å²) < 4.78 is 0. The van der Waals surface area contributed by atoms with E-state index in [-0.39, 0.29) is 5.54 Å². The van der Waals surface area contributed by atoms with Crippen LogP contribution < -0.4 is 5.73 Å². The fourth-order valence-electron chi connectivity index (χ4n) is 2.04. The molecule has 1 aliphatic carbocycles. The Kier molecular flexibility index (Phi) is 2.82. The fraction of sp³-hybridized carbons (Fsp3) is 1.00. The van der Waals surface area contributed by atoms with Gasteiger partial charge in [-0.1, -0.05) is 46.5 Å². The summed E-state index contributed by atoms with van der Waals surface area (Å²) in [6, 6.07) is 0. The van der Waals surface area contributed by atoms with Crippen molar-refractivity contribution in [2.75, 3.05) is 0 Å². The zero-order valence-corrected chi connectivity index (χ0v) is 8.82. The SMILES string of the molecule is CCCCCCC1(N)CC1(C)C. The molecule has 1 nitrogen and oxygen atoms in total. The molecule has 1 aliphatic rings. The molecule has 0 aromatic carbocycles. The fourth-order valence-corrected chi connectivity index (χ4v) is 2.04. The van der Waals surface area contributed by atoms with Crippen molar-refractivity contribution < 1.29 is 0 Å². The van der Waals surface area contributed by atoms with Gasteiger partial charge < -0.3 is 5.73 Å². The Morgan fingerprint density at radius 1 is 1.17 bits per heavy atom. The van der Waals surface area contributed by atoms with Crippen LogP contribution in [0.25, 0.3) is 0 Å². The van der Waals surface area contributed by atoms with Crippen molar-refractivity contribution in [3.63, 3.8) is 0 Å². The molecule has 1 unspecified atom stereocenters. The van der Waals surface area contributed by atoms with Crippen LogP contribution in [0.2, 0.25) is 0 Å². The summed E-state index contributed by atoms with van der Waals surface area (Å²) in [5.74, 6) is 0. The predicted octanol–water partition coefficient (Wildman–Crippen LogP) is 3.08. The standard InChI is InChI=1S/C11H23N/c1-4-5-6-7-8-11(12)9-10(11,2)3/h4-9,12H2,1-3H3. The van der Waals surface area contributed by atoms with Crippen LogP contribution in [0.15, 0.2) is 0 Å². The molecular weight excluding hydrogens is 146 g/mol. The van der Waals surface area contributed by atoms with Gasteiger partial charge in [0.05, 0.1) is 0 Å². The lowest BCUT2D eigenvalue weighted by Crippen LogP contribution is -2.27. The average molecular weight is 169 g/mol. The van der Waals surface area contributed by atoms with E-state index in [4.69, 9.17) is 5.73 Å². The number of rotatable bonds is 5. The van der Waals surface area contributed by atoms with E-state index in [2.05, 4.69) is 20.8 Å². The highest BCUT2D eigenvalue weighted by atomic mass is 14.9. The van der Waals surface area contributed by atoms with E-state index >= 15 is 0 Å². The van der Waals surface area contributed by atoms with Gasteiger partial charge in [0.15, 0.2) is 0 Å². The molecule has 0 spiro atoms. The van der Waals surface area contributed by atoms with Crippen LogP contribution in [0.1, 0.15) is 59.3 Å². The molecule has 1 heteroatoms. The van der Waals surface area contributed by atoms with E-state index in [1.165, 1.54) is 38.5 Å². The van der Waals surface area contributed by atoms with Crippen LogP contribution >= 0.6 is 0 Å². The topological polar surface area (TPSA) is 26.0 Å². The number of unbranched alkanes of at least 4 members (excludes halogenated alkanes) is 3. The normalized spacial score (nSPS) is 32.0. The van der Waals surface area contributed by atoms with Crippen molar-refractivity contribution in [1.82, 2.24) is 0 Å². The Morgan fingerprint density at radius 2 is 1.75 bits per heavy atom. The van der Waals surface area contributed by atoms with Crippen molar-refractivity contribution in [3.8, 4) is 0 Å². The summed E-state index contributed by atoms with van der Waals surface area (Å²) in [6.07, 6.45) is 7.85. The smallest absolute Gasteiger partial charge is 0.0212 e. The molecular formula is C11H23N. The van der Waals surface area contributed by atoms with Gasteiger partial charge >= 0.3 is 0 Å². The molecule has 12 heavy (non-hydrogen) atoms. The molecule has 0 aromatic rings. The van der Waals surface area contributed by atoms with E-state index in [1.54, 1.807) is 0 Å². The highest BCUT2D eigenvalue weighted by Crippen LogP contribution is 2.56. The van der Waals surface area contributed by atoms with E-state index in [0.29, 0.717) is 5.41 Å². The van der Waals surface area contributed by atoms with E-state index < -0.39 is 0 Å². The predicted molar refractivity (Wildman–Crippen MR) is 54.1 cm³/mol. The van der Waals surface area contributed by atoms with Crippen molar-refractivity contribution in [2.45, 2.75) is 64.8 Å². The largest absolute Gasteiger partial charge is 0.325 e. The highest BCUT2D eigenvalue weighted by Gasteiger charge is 2.57. The quantitative estimate of drug-likeness (QED) is 0.629. The monoisotopic (exact) mass is 169 g/mol. The van der Waals surface area contributed by atoms with Gasteiger partial charge in [-0.15, -0.1) is 0 Å². The summed E-state index contributed by atoms with van der Waals surface area (Å²) in [7, 11) is 0. The van der Waals surface area contributed by atoms with Gasteiger partial charge in [-0.25, -0.2) is 0 Å². The molecule has 0 amide bonds. The van der Waals surface area contributed by atoms with Crippen LogP contribution in [-0.2, 0) is 0 Å². The first-order chi connectivity index (χ1) is 5.52. The van der Waals surface area contributed by atoms with Gasteiger partial charge in [-0.05, 0) is 18.3 Å². The Hall–Kier alpha value is -0.0400. The third-order valence-corrected chi connectivity index (χ3v) is 3.46. The summed E-state index contributed by atoms with van der Waals surface area (Å²) in [5.41, 5.74) is 6.83. The summed E-state index contributed by atoms with van der Waals surface area (Å²) in [6.45, 7) is 6.82. The number of nitrogens with two attached hydrogens (primary N) is 1. The molecule has 1 saturated carbocycles. The van der Waals surface area contributed by atoms with Gasteiger partial charge in [0.2, 0.25) is 0 Å². The number of hydrogen-bond acceptors (Lipinski definition) is 1. The van der Waals surface area contributed by atoms with Crippen LogP contribution in [0.3, 0.4) is 0 Å². The second-order valence-electron chi connectivity index (χ2n) is 5.03. The van der Waals surface area contributed by atoms with Crippen molar-refractivity contribution in [1.29, 1.82) is 0 Å². The molecule has 0 aliphatic heterocycles. The minimum atomic E-state index is 0.195. The first-order valence-corrected chi connectivity index (χ1v) is 5.31. The maximum absolute atomic E-state index is 6.21. The number of hydrogen-bond donors (Lipinski definition) is 1. The van der Waals surface area contributed by atoms with Gasteiger partial charge in [-0.2, -0.15) is 0 Å². The summed E-state index contributed by atoms with van der Waals surface area (Å²) in [5, 5.41) is 0. The maximum atomic E-state index is 6.21. The second kappa shape index (κ2) is 3.37. The molecule has 1 fully saturated rings. The van der Waals surface area contributed by atoms with Crippen molar-refractivity contribution in [3.05, 3.63) is 0 Å². The van der Waals surface area contributed by atoms with Crippen LogP contribution in [-0.4, -0.2) is 5.54 Å². The Morgan fingerprint density at radius 3 is 2.17 bits per heavy atom.